The van der Waals surface area contributed by atoms with E-state index in [0.29, 0.717) is 5.82 Å². The van der Waals surface area contributed by atoms with Gasteiger partial charge in [0.2, 0.25) is 5.91 Å². The van der Waals surface area contributed by atoms with Crippen LogP contribution in [0.25, 0.3) is 10.6 Å². The summed E-state index contributed by atoms with van der Waals surface area (Å²) in [6, 6.07) is 5.70. The number of carbonyl (C=O) groups excluding carboxylic acids is 1. The molecule has 0 radical (unpaired) electrons. The van der Waals surface area contributed by atoms with Gasteiger partial charge in [0, 0.05) is 19.2 Å². The molecular formula is C18H26N4O2S. The van der Waals surface area contributed by atoms with Crippen LogP contribution in [0.3, 0.4) is 0 Å². The van der Waals surface area contributed by atoms with Gasteiger partial charge in [-0.3, -0.25) is 14.8 Å². The van der Waals surface area contributed by atoms with Crippen LogP contribution < -0.4 is 5.32 Å². The number of amides is 1. The first kappa shape index (κ1) is 18.1. The highest BCUT2D eigenvalue weighted by molar-refractivity contribution is 7.13. The van der Waals surface area contributed by atoms with Crippen molar-refractivity contribution < 1.29 is 9.53 Å². The number of rotatable bonds is 5. The zero-order valence-electron chi connectivity index (χ0n) is 15.2. The molecule has 0 spiro atoms. The number of ether oxygens (including phenoxy) is 1. The molecule has 25 heavy (non-hydrogen) atoms. The summed E-state index contributed by atoms with van der Waals surface area (Å²) in [5.74, 6) is 0.752. The van der Waals surface area contributed by atoms with Gasteiger partial charge in [-0.2, -0.15) is 5.10 Å². The maximum Gasteiger partial charge on any atom is 0.243 e. The van der Waals surface area contributed by atoms with E-state index in [1.807, 2.05) is 23.6 Å². The molecule has 2 aromatic rings. The summed E-state index contributed by atoms with van der Waals surface area (Å²) in [6.45, 7) is 9.80. The average molecular weight is 362 g/mol. The number of hydrogen-bond donors (Lipinski definition) is 2. The number of thiophene rings is 1. The van der Waals surface area contributed by atoms with Gasteiger partial charge in [-0.15, -0.1) is 11.3 Å². The number of aromatic nitrogens is 2. The Morgan fingerprint density at radius 2 is 2.12 bits per heavy atom. The smallest absolute Gasteiger partial charge is 0.243 e. The predicted octanol–water partition coefficient (Wildman–Crippen LogP) is 3.21. The number of nitrogens with one attached hydrogen (secondary N) is 2. The normalized spacial score (nSPS) is 22.9. The van der Waals surface area contributed by atoms with Crippen LogP contribution in [-0.2, 0) is 9.53 Å². The van der Waals surface area contributed by atoms with Crippen molar-refractivity contribution in [2.24, 2.45) is 5.92 Å². The molecule has 2 aromatic heterocycles. The Morgan fingerprint density at radius 1 is 1.40 bits per heavy atom. The molecule has 0 saturated carbocycles. The van der Waals surface area contributed by atoms with Gasteiger partial charge in [0.25, 0.3) is 0 Å². The van der Waals surface area contributed by atoms with E-state index >= 15 is 0 Å². The zero-order valence-corrected chi connectivity index (χ0v) is 16.0. The lowest BCUT2D eigenvalue weighted by molar-refractivity contribution is -0.130. The maximum atomic E-state index is 12.9. The summed E-state index contributed by atoms with van der Waals surface area (Å²) < 4.78 is 5.80. The van der Waals surface area contributed by atoms with Crippen molar-refractivity contribution in [3.63, 3.8) is 0 Å². The van der Waals surface area contributed by atoms with Gasteiger partial charge < -0.3 is 10.1 Å². The molecule has 0 aromatic carbocycles. The minimum absolute atomic E-state index is 0.0134. The monoisotopic (exact) mass is 362 g/mol. The topological polar surface area (TPSA) is 70.2 Å². The van der Waals surface area contributed by atoms with Crippen molar-refractivity contribution in [1.82, 2.24) is 15.1 Å². The van der Waals surface area contributed by atoms with Crippen LogP contribution >= 0.6 is 11.3 Å². The van der Waals surface area contributed by atoms with Crippen molar-refractivity contribution in [2.75, 3.05) is 18.4 Å². The van der Waals surface area contributed by atoms with E-state index in [2.05, 4.69) is 48.1 Å². The minimum Gasteiger partial charge on any atom is -0.373 e. The molecule has 6 nitrogen and oxygen atoms in total. The molecule has 3 heterocycles. The molecule has 2 N–H and O–H groups in total. The number of H-pyrrole nitrogens is 1. The largest absolute Gasteiger partial charge is 0.373 e. The number of morpholine rings is 1. The van der Waals surface area contributed by atoms with E-state index in [1.165, 1.54) is 0 Å². The summed E-state index contributed by atoms with van der Waals surface area (Å²) >= 11 is 1.64. The molecule has 1 amide bonds. The summed E-state index contributed by atoms with van der Waals surface area (Å²) in [5, 5.41) is 12.2. The van der Waals surface area contributed by atoms with Crippen molar-refractivity contribution in [1.29, 1.82) is 0 Å². The van der Waals surface area contributed by atoms with E-state index in [0.717, 1.165) is 23.7 Å². The standard InChI is InChI=1S/C18H26N4O2S/c1-11(2)17(22-9-12(3)24-13(4)10-22)18(23)19-16-8-14(20-21-16)15-6-5-7-25-15/h5-8,11-13,17H,9-10H2,1-4H3,(H2,19,20,21,23). The van der Waals surface area contributed by atoms with Gasteiger partial charge in [-0.05, 0) is 31.2 Å². The fourth-order valence-electron chi connectivity index (χ4n) is 3.48. The van der Waals surface area contributed by atoms with Crippen LogP contribution in [-0.4, -0.2) is 52.3 Å². The first-order chi connectivity index (χ1) is 11.9. The highest BCUT2D eigenvalue weighted by Gasteiger charge is 2.34. The van der Waals surface area contributed by atoms with Crippen molar-refractivity contribution >= 4 is 23.1 Å². The van der Waals surface area contributed by atoms with Gasteiger partial charge >= 0.3 is 0 Å². The molecule has 136 valence electrons. The molecular weight excluding hydrogens is 336 g/mol. The molecule has 1 aliphatic rings. The van der Waals surface area contributed by atoms with Crippen LogP contribution in [0.1, 0.15) is 27.7 Å². The minimum atomic E-state index is -0.198. The van der Waals surface area contributed by atoms with Crippen molar-refractivity contribution in [3.8, 4) is 10.6 Å². The van der Waals surface area contributed by atoms with Crippen LogP contribution in [0, 0.1) is 5.92 Å². The second-order valence-electron chi connectivity index (χ2n) is 7.03. The predicted molar refractivity (Wildman–Crippen MR) is 101 cm³/mol. The van der Waals surface area contributed by atoms with Crippen LogP contribution in [0.5, 0.6) is 0 Å². The number of carbonyl (C=O) groups is 1. The summed E-state index contributed by atoms with van der Waals surface area (Å²) in [6.07, 6.45) is 0.266. The van der Waals surface area contributed by atoms with Crippen LogP contribution in [0.4, 0.5) is 5.82 Å². The highest BCUT2D eigenvalue weighted by atomic mass is 32.1. The number of hydrogen-bond acceptors (Lipinski definition) is 5. The molecule has 0 bridgehead atoms. The Balaban J connectivity index is 1.71. The Morgan fingerprint density at radius 3 is 2.72 bits per heavy atom. The van der Waals surface area contributed by atoms with E-state index in [1.54, 1.807) is 11.3 Å². The highest BCUT2D eigenvalue weighted by Crippen LogP contribution is 2.25. The van der Waals surface area contributed by atoms with E-state index in [-0.39, 0.29) is 30.1 Å². The van der Waals surface area contributed by atoms with Gasteiger partial charge in [-0.25, -0.2) is 0 Å². The van der Waals surface area contributed by atoms with Gasteiger partial charge in [-0.1, -0.05) is 19.9 Å². The van der Waals surface area contributed by atoms with Crippen LogP contribution in [0.15, 0.2) is 23.6 Å². The number of anilines is 1. The molecule has 7 heteroatoms. The third-order valence-electron chi connectivity index (χ3n) is 4.36. The van der Waals surface area contributed by atoms with E-state index in [9.17, 15) is 4.79 Å². The Bertz CT molecular complexity index is 688. The number of nitrogens with zero attached hydrogens (tertiary/aromatic N) is 2. The van der Waals surface area contributed by atoms with Gasteiger partial charge in [0.15, 0.2) is 5.82 Å². The van der Waals surface area contributed by atoms with Gasteiger partial charge in [0.1, 0.15) is 0 Å². The Hall–Kier alpha value is -1.70. The zero-order chi connectivity index (χ0) is 18.0. The SMILES string of the molecule is CC1CN(C(C(=O)Nc2cc(-c3cccs3)[nH]n2)C(C)C)CC(C)O1. The lowest BCUT2D eigenvalue weighted by atomic mass is 9.99. The first-order valence-corrected chi connectivity index (χ1v) is 9.61. The molecule has 1 fully saturated rings. The molecule has 1 saturated heterocycles. The van der Waals surface area contributed by atoms with Crippen molar-refractivity contribution in [2.45, 2.75) is 45.9 Å². The Kier molecular flexibility index (Phi) is 5.56. The van der Waals surface area contributed by atoms with Crippen LogP contribution in [0.2, 0.25) is 0 Å². The Labute approximate surface area is 152 Å². The average Bonchev–Trinajstić information content (AvgIpc) is 3.16. The summed E-state index contributed by atoms with van der Waals surface area (Å²) in [7, 11) is 0. The molecule has 3 rings (SSSR count). The molecule has 0 aliphatic carbocycles. The summed E-state index contributed by atoms with van der Waals surface area (Å²) in [4.78, 5) is 16.2. The molecule has 3 unspecified atom stereocenters. The lowest BCUT2D eigenvalue weighted by Gasteiger charge is -2.40. The number of aromatic amines is 1. The molecule has 1 aliphatic heterocycles. The quantitative estimate of drug-likeness (QED) is 0.857. The third-order valence-corrected chi connectivity index (χ3v) is 5.26. The lowest BCUT2D eigenvalue weighted by Crippen LogP contribution is -2.55. The van der Waals surface area contributed by atoms with E-state index < -0.39 is 0 Å². The third kappa shape index (κ3) is 4.29. The maximum absolute atomic E-state index is 12.9. The second-order valence-corrected chi connectivity index (χ2v) is 7.98. The second kappa shape index (κ2) is 7.68. The summed E-state index contributed by atoms with van der Waals surface area (Å²) in [5.41, 5.74) is 0.917. The van der Waals surface area contributed by atoms with E-state index in [4.69, 9.17) is 4.74 Å². The molecule has 3 atom stereocenters. The first-order valence-electron chi connectivity index (χ1n) is 8.73. The fraction of sp³-hybridized carbons (Fsp3) is 0.556. The van der Waals surface area contributed by atoms with Gasteiger partial charge in [0.05, 0.1) is 28.8 Å². The fourth-order valence-corrected chi connectivity index (χ4v) is 4.17. The van der Waals surface area contributed by atoms with Crippen molar-refractivity contribution in [3.05, 3.63) is 23.6 Å².